The van der Waals surface area contributed by atoms with E-state index < -0.39 is 0 Å². The van der Waals surface area contributed by atoms with Crippen molar-refractivity contribution >= 4 is 0 Å². The summed E-state index contributed by atoms with van der Waals surface area (Å²) in [5.74, 6) is 0.419. The Morgan fingerprint density at radius 3 is 2.18 bits per heavy atom. The highest BCUT2D eigenvalue weighted by molar-refractivity contribution is 5.40. The molecule has 3 N–H and O–H groups in total. The summed E-state index contributed by atoms with van der Waals surface area (Å²) in [7, 11) is 0. The molecule has 2 rings (SSSR count). The van der Waals surface area contributed by atoms with Crippen LogP contribution in [0.4, 0.5) is 0 Å². The summed E-state index contributed by atoms with van der Waals surface area (Å²) < 4.78 is 5.38. The first-order valence-electron chi connectivity index (χ1n) is 5.07. The van der Waals surface area contributed by atoms with Crippen LogP contribution in [0.15, 0.2) is 42.5 Å². The minimum atomic E-state index is -0.0593. The molecule has 0 saturated carbocycles. The van der Waals surface area contributed by atoms with Gasteiger partial charge in [-0.3, -0.25) is 0 Å². The number of phenolic OH excluding ortho intramolecular Hbond substituents is 3. The predicted octanol–water partition coefficient (Wildman–Crippen LogP) is 2.38. The number of aromatic hydroxyl groups is 3. The highest BCUT2D eigenvalue weighted by Gasteiger charge is 2.01. The highest BCUT2D eigenvalue weighted by Crippen LogP contribution is 2.26. The molecule has 4 heteroatoms. The fraction of sp³-hybridized carbons (Fsp3) is 0.0769. The van der Waals surface area contributed by atoms with Gasteiger partial charge in [-0.15, -0.1) is 0 Å². The Morgan fingerprint density at radius 1 is 0.824 bits per heavy atom. The van der Waals surface area contributed by atoms with Gasteiger partial charge in [-0.25, -0.2) is 0 Å². The highest BCUT2D eigenvalue weighted by atomic mass is 16.5. The van der Waals surface area contributed by atoms with Crippen LogP contribution >= 0.6 is 0 Å². The lowest BCUT2D eigenvalue weighted by Crippen LogP contribution is -1.94. The molecule has 17 heavy (non-hydrogen) atoms. The summed E-state index contributed by atoms with van der Waals surface area (Å²) in [4.78, 5) is 0. The van der Waals surface area contributed by atoms with Gasteiger partial charge in [-0.05, 0) is 17.7 Å². The molecule has 0 unspecified atom stereocenters. The quantitative estimate of drug-likeness (QED) is 0.759. The van der Waals surface area contributed by atoms with E-state index in [4.69, 9.17) is 4.74 Å². The molecule has 0 aliphatic heterocycles. The fourth-order valence-electron chi connectivity index (χ4n) is 1.46. The van der Waals surface area contributed by atoms with E-state index >= 15 is 0 Å². The third-order valence-electron chi connectivity index (χ3n) is 2.19. The summed E-state index contributed by atoms with van der Waals surface area (Å²) in [5.41, 5.74) is 0.799. The third-order valence-corrected chi connectivity index (χ3v) is 2.19. The van der Waals surface area contributed by atoms with Crippen molar-refractivity contribution in [3.63, 3.8) is 0 Å². The van der Waals surface area contributed by atoms with Gasteiger partial charge in [-0.2, -0.15) is 0 Å². The first-order chi connectivity index (χ1) is 8.13. The molecule has 0 aliphatic rings. The van der Waals surface area contributed by atoms with Gasteiger partial charge in [0.2, 0.25) is 0 Å². The van der Waals surface area contributed by atoms with Crippen LogP contribution in [0.5, 0.6) is 23.0 Å². The molecular formula is C13H12O4. The SMILES string of the molecule is Oc1cccc(COc2cc(O)cc(O)c2)c1. The van der Waals surface area contributed by atoms with E-state index in [9.17, 15) is 15.3 Å². The number of benzene rings is 2. The van der Waals surface area contributed by atoms with Crippen molar-refractivity contribution in [1.29, 1.82) is 0 Å². The molecule has 0 heterocycles. The van der Waals surface area contributed by atoms with Crippen LogP contribution < -0.4 is 4.74 Å². The molecule has 4 nitrogen and oxygen atoms in total. The van der Waals surface area contributed by atoms with Crippen molar-refractivity contribution < 1.29 is 20.1 Å². The molecule has 0 saturated heterocycles. The van der Waals surface area contributed by atoms with Gasteiger partial charge >= 0.3 is 0 Å². The first kappa shape index (κ1) is 11.1. The average Bonchev–Trinajstić information content (AvgIpc) is 2.25. The maximum Gasteiger partial charge on any atom is 0.127 e. The summed E-state index contributed by atoms with van der Waals surface area (Å²) >= 11 is 0. The zero-order valence-corrected chi connectivity index (χ0v) is 9.00. The molecule has 0 spiro atoms. The molecule has 2 aromatic rings. The maximum absolute atomic E-state index is 9.26. The molecule has 0 atom stereocenters. The average molecular weight is 232 g/mol. The van der Waals surface area contributed by atoms with E-state index in [-0.39, 0.29) is 23.9 Å². The van der Waals surface area contributed by atoms with E-state index in [0.29, 0.717) is 5.75 Å². The lowest BCUT2D eigenvalue weighted by atomic mass is 10.2. The molecular weight excluding hydrogens is 220 g/mol. The van der Waals surface area contributed by atoms with Crippen molar-refractivity contribution in [3.05, 3.63) is 48.0 Å². The predicted molar refractivity (Wildman–Crippen MR) is 62.2 cm³/mol. The molecule has 0 bridgehead atoms. The van der Waals surface area contributed by atoms with Gasteiger partial charge in [-0.1, -0.05) is 12.1 Å². The van der Waals surface area contributed by atoms with E-state index in [2.05, 4.69) is 0 Å². The van der Waals surface area contributed by atoms with E-state index in [1.54, 1.807) is 18.2 Å². The molecule has 0 aliphatic carbocycles. The molecule has 0 amide bonds. The third kappa shape index (κ3) is 3.04. The zero-order chi connectivity index (χ0) is 12.3. The minimum absolute atomic E-state index is 0.0593. The molecule has 0 radical (unpaired) electrons. The lowest BCUT2D eigenvalue weighted by Gasteiger charge is -2.07. The van der Waals surface area contributed by atoms with Crippen LogP contribution in [0.25, 0.3) is 0 Å². The number of hydrogen-bond acceptors (Lipinski definition) is 4. The van der Waals surface area contributed by atoms with Crippen molar-refractivity contribution in [3.8, 4) is 23.0 Å². The fourth-order valence-corrected chi connectivity index (χ4v) is 1.46. The van der Waals surface area contributed by atoms with Gasteiger partial charge in [0.05, 0.1) is 0 Å². The Labute approximate surface area is 98.3 Å². The Kier molecular flexibility index (Phi) is 3.05. The molecule has 88 valence electrons. The standard InChI is InChI=1S/C13H12O4/c14-10-3-1-2-9(4-10)8-17-13-6-11(15)5-12(16)7-13/h1-7,14-16H,8H2. The van der Waals surface area contributed by atoms with Crippen molar-refractivity contribution in [2.45, 2.75) is 6.61 Å². The summed E-state index contributed by atoms with van der Waals surface area (Å²) in [5, 5.41) is 27.8. The number of rotatable bonds is 3. The second-order valence-corrected chi connectivity index (χ2v) is 3.64. The van der Waals surface area contributed by atoms with Gasteiger partial charge in [0.1, 0.15) is 29.6 Å². The Balaban J connectivity index is 2.07. The number of ether oxygens (including phenoxy) is 1. The van der Waals surface area contributed by atoms with Crippen molar-refractivity contribution in [1.82, 2.24) is 0 Å². The van der Waals surface area contributed by atoms with E-state index in [0.717, 1.165) is 5.56 Å². The van der Waals surface area contributed by atoms with Gasteiger partial charge in [0.15, 0.2) is 0 Å². The Bertz CT molecular complexity index is 502. The summed E-state index contributed by atoms with van der Waals surface area (Å²) in [6, 6.07) is 10.7. The second kappa shape index (κ2) is 4.65. The number of phenols is 3. The van der Waals surface area contributed by atoms with Crippen molar-refractivity contribution in [2.24, 2.45) is 0 Å². The van der Waals surface area contributed by atoms with Crippen LogP contribution in [0.2, 0.25) is 0 Å². The van der Waals surface area contributed by atoms with E-state index in [1.165, 1.54) is 18.2 Å². The van der Waals surface area contributed by atoms with Gasteiger partial charge in [0, 0.05) is 18.2 Å². The topological polar surface area (TPSA) is 69.9 Å². The van der Waals surface area contributed by atoms with Crippen LogP contribution in [0, 0.1) is 0 Å². The smallest absolute Gasteiger partial charge is 0.127 e. The lowest BCUT2D eigenvalue weighted by molar-refractivity contribution is 0.301. The second-order valence-electron chi connectivity index (χ2n) is 3.64. The van der Waals surface area contributed by atoms with Crippen LogP contribution in [0.1, 0.15) is 5.56 Å². The first-order valence-corrected chi connectivity index (χ1v) is 5.07. The van der Waals surface area contributed by atoms with Crippen LogP contribution in [0.3, 0.4) is 0 Å². The zero-order valence-electron chi connectivity index (χ0n) is 9.00. The Morgan fingerprint density at radius 2 is 1.53 bits per heavy atom. The van der Waals surface area contributed by atoms with Crippen LogP contribution in [-0.2, 0) is 6.61 Å². The summed E-state index contributed by atoms with van der Waals surface area (Å²) in [6.07, 6.45) is 0. The number of hydrogen-bond donors (Lipinski definition) is 3. The van der Waals surface area contributed by atoms with Crippen LogP contribution in [-0.4, -0.2) is 15.3 Å². The molecule has 0 fully saturated rings. The molecule has 0 aromatic heterocycles. The molecule has 2 aromatic carbocycles. The van der Waals surface area contributed by atoms with Gasteiger partial charge in [0.25, 0.3) is 0 Å². The maximum atomic E-state index is 9.26. The summed E-state index contributed by atoms with van der Waals surface area (Å²) in [6.45, 7) is 0.247. The van der Waals surface area contributed by atoms with Crippen molar-refractivity contribution in [2.75, 3.05) is 0 Å². The minimum Gasteiger partial charge on any atom is -0.508 e. The largest absolute Gasteiger partial charge is 0.508 e. The van der Waals surface area contributed by atoms with E-state index in [1.807, 2.05) is 6.07 Å². The Hall–Kier alpha value is -2.36. The van der Waals surface area contributed by atoms with Gasteiger partial charge < -0.3 is 20.1 Å². The normalized spacial score (nSPS) is 10.1. The monoisotopic (exact) mass is 232 g/mol.